The van der Waals surface area contributed by atoms with Crippen LogP contribution in [-0.4, -0.2) is 35.9 Å². The molecule has 1 saturated carbocycles. The zero-order valence-electron chi connectivity index (χ0n) is 18.0. The Hall–Kier alpha value is -3.37. The molecule has 2 aromatic rings. The second-order valence-corrected chi connectivity index (χ2v) is 8.48. The molecule has 1 aromatic carbocycles. The van der Waals surface area contributed by atoms with E-state index in [0.29, 0.717) is 15.8 Å². The Bertz CT molecular complexity index is 1070. The van der Waals surface area contributed by atoms with Crippen molar-refractivity contribution in [1.29, 1.82) is 0 Å². The minimum Gasteiger partial charge on any atom is -0.458 e. The van der Waals surface area contributed by atoms with Gasteiger partial charge in [-0.15, -0.1) is 0 Å². The summed E-state index contributed by atoms with van der Waals surface area (Å²) in [6, 6.07) is 7.53. The molecule has 0 bridgehead atoms. The van der Waals surface area contributed by atoms with Gasteiger partial charge in [-0.2, -0.15) is 5.10 Å². The van der Waals surface area contributed by atoms with Gasteiger partial charge in [-0.1, -0.05) is 42.5 Å². The highest BCUT2D eigenvalue weighted by atomic mass is 35.5. The number of nitrogens with one attached hydrogen (secondary N) is 4. The SMILES string of the molecule is O=C(NCc1ccc(/C=N/NC(=O)C(=O)NC2CCCCC2)o1)C(=O)Nc1cc(Cl)cc(Cl)c1. The van der Waals surface area contributed by atoms with E-state index in [9.17, 15) is 19.2 Å². The van der Waals surface area contributed by atoms with E-state index in [1.54, 1.807) is 12.1 Å². The van der Waals surface area contributed by atoms with E-state index >= 15 is 0 Å². The van der Waals surface area contributed by atoms with Crippen LogP contribution >= 0.6 is 23.2 Å². The maximum absolute atomic E-state index is 12.0. The Morgan fingerprint density at radius 1 is 0.941 bits per heavy atom. The van der Waals surface area contributed by atoms with Crippen molar-refractivity contribution >= 4 is 58.7 Å². The molecule has 0 atom stereocenters. The summed E-state index contributed by atoms with van der Waals surface area (Å²) in [7, 11) is 0. The molecule has 0 saturated heterocycles. The summed E-state index contributed by atoms with van der Waals surface area (Å²) < 4.78 is 5.44. The summed E-state index contributed by atoms with van der Waals surface area (Å²) in [6.07, 6.45) is 6.16. The third-order valence-corrected chi connectivity index (χ3v) is 5.37. The molecule has 0 aliphatic heterocycles. The van der Waals surface area contributed by atoms with Gasteiger partial charge in [0.2, 0.25) is 0 Å². The highest BCUT2D eigenvalue weighted by Gasteiger charge is 2.20. The number of amides is 4. The van der Waals surface area contributed by atoms with Crippen molar-refractivity contribution in [3.8, 4) is 0 Å². The molecule has 4 N–H and O–H groups in total. The summed E-state index contributed by atoms with van der Waals surface area (Å²) >= 11 is 11.7. The van der Waals surface area contributed by atoms with Crippen LogP contribution in [0.4, 0.5) is 5.69 Å². The van der Waals surface area contributed by atoms with E-state index in [1.165, 1.54) is 24.4 Å². The van der Waals surface area contributed by atoms with E-state index in [0.717, 1.165) is 32.1 Å². The van der Waals surface area contributed by atoms with Crippen LogP contribution in [0.3, 0.4) is 0 Å². The van der Waals surface area contributed by atoms with E-state index in [-0.39, 0.29) is 24.0 Å². The lowest BCUT2D eigenvalue weighted by atomic mass is 9.95. The third kappa shape index (κ3) is 7.89. The molecule has 0 unspecified atom stereocenters. The Labute approximate surface area is 205 Å². The summed E-state index contributed by atoms with van der Waals surface area (Å²) in [6.45, 7) is -0.0629. The number of anilines is 1. The van der Waals surface area contributed by atoms with Gasteiger partial charge < -0.3 is 20.4 Å². The van der Waals surface area contributed by atoms with Crippen molar-refractivity contribution in [2.24, 2.45) is 5.10 Å². The quantitative estimate of drug-likeness (QED) is 0.270. The number of hydrogen-bond donors (Lipinski definition) is 4. The highest BCUT2D eigenvalue weighted by Crippen LogP contribution is 2.22. The lowest BCUT2D eigenvalue weighted by Crippen LogP contribution is -2.44. The Morgan fingerprint density at radius 3 is 2.35 bits per heavy atom. The summed E-state index contributed by atoms with van der Waals surface area (Å²) in [5.74, 6) is -2.78. The fourth-order valence-electron chi connectivity index (χ4n) is 3.32. The van der Waals surface area contributed by atoms with Crippen molar-refractivity contribution in [3.05, 3.63) is 51.9 Å². The molecule has 4 amide bonds. The zero-order chi connectivity index (χ0) is 24.5. The summed E-state index contributed by atoms with van der Waals surface area (Å²) in [5, 5.41) is 11.8. The van der Waals surface area contributed by atoms with Crippen molar-refractivity contribution in [2.75, 3.05) is 5.32 Å². The average Bonchev–Trinajstić information content (AvgIpc) is 3.25. The maximum atomic E-state index is 12.0. The van der Waals surface area contributed by atoms with E-state index in [4.69, 9.17) is 27.6 Å². The number of benzene rings is 1. The number of halogens is 2. The molecule has 1 aromatic heterocycles. The molecule has 1 heterocycles. The van der Waals surface area contributed by atoms with Gasteiger partial charge in [0.1, 0.15) is 11.5 Å². The van der Waals surface area contributed by atoms with Crippen molar-refractivity contribution in [1.82, 2.24) is 16.1 Å². The molecule has 0 spiro atoms. The Balaban J connectivity index is 1.41. The molecular formula is C22H23Cl2N5O5. The third-order valence-electron chi connectivity index (χ3n) is 4.94. The van der Waals surface area contributed by atoms with Crippen molar-refractivity contribution in [3.63, 3.8) is 0 Å². The largest absolute Gasteiger partial charge is 0.458 e. The Kier molecular flexibility index (Phi) is 9.06. The predicted molar refractivity (Wildman–Crippen MR) is 126 cm³/mol. The number of hydrogen-bond acceptors (Lipinski definition) is 6. The number of furan rings is 1. The van der Waals surface area contributed by atoms with Crippen LogP contribution in [0.25, 0.3) is 0 Å². The first-order chi connectivity index (χ1) is 16.3. The summed E-state index contributed by atoms with van der Waals surface area (Å²) in [5.41, 5.74) is 2.42. The van der Waals surface area contributed by atoms with Gasteiger partial charge >= 0.3 is 23.6 Å². The fourth-order valence-corrected chi connectivity index (χ4v) is 3.85. The molecular weight excluding hydrogens is 485 g/mol. The van der Waals surface area contributed by atoms with Crippen LogP contribution in [-0.2, 0) is 25.7 Å². The van der Waals surface area contributed by atoms with Gasteiger partial charge in [0.25, 0.3) is 0 Å². The second kappa shape index (κ2) is 12.2. The number of rotatable bonds is 6. The van der Waals surface area contributed by atoms with Gasteiger partial charge in [0.15, 0.2) is 0 Å². The van der Waals surface area contributed by atoms with Crippen LogP contribution in [0.1, 0.15) is 43.6 Å². The van der Waals surface area contributed by atoms with Gasteiger partial charge in [-0.25, -0.2) is 5.43 Å². The Morgan fingerprint density at radius 2 is 1.65 bits per heavy atom. The number of hydrazone groups is 1. The van der Waals surface area contributed by atoms with Crippen LogP contribution in [0.15, 0.2) is 39.9 Å². The van der Waals surface area contributed by atoms with Gasteiger partial charge in [-0.05, 0) is 43.2 Å². The monoisotopic (exact) mass is 507 g/mol. The minimum absolute atomic E-state index is 0.0178. The normalized spacial score (nSPS) is 13.9. The molecule has 180 valence electrons. The predicted octanol–water partition coefficient (Wildman–Crippen LogP) is 2.74. The van der Waals surface area contributed by atoms with Crippen LogP contribution < -0.4 is 21.4 Å². The van der Waals surface area contributed by atoms with Crippen molar-refractivity contribution in [2.45, 2.75) is 44.7 Å². The van der Waals surface area contributed by atoms with Gasteiger partial charge in [0, 0.05) is 21.8 Å². The van der Waals surface area contributed by atoms with Gasteiger partial charge in [-0.3, -0.25) is 19.2 Å². The molecule has 1 aliphatic rings. The van der Waals surface area contributed by atoms with E-state index in [1.807, 2.05) is 0 Å². The molecule has 10 nitrogen and oxygen atoms in total. The number of carbonyl (C=O) groups excluding carboxylic acids is 4. The van der Waals surface area contributed by atoms with E-state index < -0.39 is 23.6 Å². The molecule has 0 radical (unpaired) electrons. The molecule has 1 fully saturated rings. The minimum atomic E-state index is -0.902. The first-order valence-corrected chi connectivity index (χ1v) is 11.3. The maximum Gasteiger partial charge on any atom is 0.329 e. The smallest absolute Gasteiger partial charge is 0.329 e. The topological polar surface area (TPSA) is 142 Å². The fraction of sp³-hybridized carbons (Fsp3) is 0.318. The van der Waals surface area contributed by atoms with Gasteiger partial charge in [0.05, 0.1) is 12.8 Å². The standard InChI is InChI=1S/C22H23Cl2N5O5/c23-13-8-14(24)10-16(9-13)28-20(31)19(30)25-11-17-6-7-18(34-17)12-26-29-22(33)21(32)27-15-4-2-1-3-5-15/h6-10,12,15H,1-5,11H2,(H,25,30)(H,27,32)(H,28,31)(H,29,33)/b26-12+. The number of nitrogens with zero attached hydrogens (tertiary/aromatic N) is 1. The van der Waals surface area contributed by atoms with Crippen molar-refractivity contribution < 1.29 is 23.6 Å². The average molecular weight is 508 g/mol. The lowest BCUT2D eigenvalue weighted by molar-refractivity contribution is -0.139. The summed E-state index contributed by atoms with van der Waals surface area (Å²) in [4.78, 5) is 47.8. The lowest BCUT2D eigenvalue weighted by Gasteiger charge is -2.22. The molecule has 1 aliphatic carbocycles. The number of carbonyl (C=O) groups is 4. The van der Waals surface area contributed by atoms with E-state index in [2.05, 4.69) is 26.5 Å². The first kappa shape index (κ1) is 25.3. The van der Waals surface area contributed by atoms with Crippen LogP contribution in [0, 0.1) is 0 Å². The molecule has 3 rings (SSSR count). The molecule has 12 heteroatoms. The molecule has 34 heavy (non-hydrogen) atoms. The van der Waals surface area contributed by atoms with Crippen LogP contribution in [0.2, 0.25) is 10.0 Å². The first-order valence-electron chi connectivity index (χ1n) is 10.6. The zero-order valence-corrected chi connectivity index (χ0v) is 19.5. The van der Waals surface area contributed by atoms with Crippen LogP contribution in [0.5, 0.6) is 0 Å². The highest BCUT2D eigenvalue weighted by molar-refractivity contribution is 6.40. The second-order valence-electron chi connectivity index (χ2n) is 7.61.